The van der Waals surface area contributed by atoms with Crippen molar-refractivity contribution in [1.82, 2.24) is 9.80 Å². The van der Waals surface area contributed by atoms with E-state index in [4.69, 9.17) is 0 Å². The normalized spacial score (nSPS) is 31.5. The second kappa shape index (κ2) is 5.85. The average molecular weight is 238 g/mol. The number of amides is 1. The summed E-state index contributed by atoms with van der Waals surface area (Å²) < 4.78 is 0. The van der Waals surface area contributed by atoms with Crippen LogP contribution >= 0.6 is 0 Å². The molecule has 0 aromatic rings. The molecule has 0 aliphatic carbocycles. The summed E-state index contributed by atoms with van der Waals surface area (Å²) in [5.41, 5.74) is 0. The highest BCUT2D eigenvalue weighted by atomic mass is 16.2. The SMILES string of the molecule is CC1CCCN(C(=O)CN2CCCCC2C)C1. The first kappa shape index (κ1) is 12.9. The molecular weight excluding hydrogens is 212 g/mol. The molecule has 2 atom stereocenters. The highest BCUT2D eigenvalue weighted by Gasteiger charge is 2.25. The zero-order valence-electron chi connectivity index (χ0n) is 11.3. The van der Waals surface area contributed by atoms with Crippen molar-refractivity contribution in [3.63, 3.8) is 0 Å². The van der Waals surface area contributed by atoms with E-state index in [9.17, 15) is 4.79 Å². The minimum atomic E-state index is 0.352. The minimum Gasteiger partial charge on any atom is -0.341 e. The Labute approximate surface area is 105 Å². The fraction of sp³-hybridized carbons (Fsp3) is 0.929. The monoisotopic (exact) mass is 238 g/mol. The third-order valence-corrected chi connectivity index (χ3v) is 4.29. The predicted octanol–water partition coefficient (Wildman–Crippen LogP) is 2.12. The second-order valence-electron chi connectivity index (χ2n) is 5.90. The third-order valence-electron chi connectivity index (χ3n) is 4.29. The molecule has 2 rings (SSSR count). The Bertz CT molecular complexity index is 267. The van der Waals surface area contributed by atoms with Crippen molar-refractivity contribution in [3.8, 4) is 0 Å². The molecule has 2 saturated heterocycles. The fourth-order valence-electron chi connectivity index (χ4n) is 3.08. The lowest BCUT2D eigenvalue weighted by atomic mass is 10.00. The van der Waals surface area contributed by atoms with Crippen LogP contribution in [-0.2, 0) is 4.79 Å². The lowest BCUT2D eigenvalue weighted by Gasteiger charge is -2.36. The van der Waals surface area contributed by atoms with Gasteiger partial charge in [-0.15, -0.1) is 0 Å². The van der Waals surface area contributed by atoms with Gasteiger partial charge in [0.2, 0.25) is 5.91 Å². The molecule has 0 aromatic heterocycles. The number of hydrogen-bond donors (Lipinski definition) is 0. The van der Waals surface area contributed by atoms with E-state index in [0.717, 1.165) is 19.6 Å². The van der Waals surface area contributed by atoms with Crippen molar-refractivity contribution in [3.05, 3.63) is 0 Å². The summed E-state index contributed by atoms with van der Waals surface area (Å²) in [6, 6.07) is 0.593. The van der Waals surface area contributed by atoms with E-state index in [1.165, 1.54) is 32.1 Å². The first-order valence-electron chi connectivity index (χ1n) is 7.18. The molecule has 2 aliphatic heterocycles. The van der Waals surface area contributed by atoms with Crippen LogP contribution in [0.2, 0.25) is 0 Å². The van der Waals surface area contributed by atoms with Crippen molar-refractivity contribution >= 4 is 5.91 Å². The van der Waals surface area contributed by atoms with Crippen molar-refractivity contribution < 1.29 is 4.79 Å². The number of carbonyl (C=O) groups is 1. The smallest absolute Gasteiger partial charge is 0.236 e. The summed E-state index contributed by atoms with van der Waals surface area (Å²) in [5, 5.41) is 0. The number of piperidine rings is 2. The molecule has 98 valence electrons. The van der Waals surface area contributed by atoms with Crippen molar-refractivity contribution in [2.45, 2.75) is 52.0 Å². The van der Waals surface area contributed by atoms with Crippen molar-refractivity contribution in [2.24, 2.45) is 5.92 Å². The average Bonchev–Trinajstić information content (AvgIpc) is 2.32. The van der Waals surface area contributed by atoms with E-state index in [-0.39, 0.29) is 0 Å². The van der Waals surface area contributed by atoms with Gasteiger partial charge in [-0.25, -0.2) is 0 Å². The van der Waals surface area contributed by atoms with E-state index >= 15 is 0 Å². The Morgan fingerprint density at radius 2 is 1.94 bits per heavy atom. The lowest BCUT2D eigenvalue weighted by molar-refractivity contribution is -0.135. The minimum absolute atomic E-state index is 0.352. The van der Waals surface area contributed by atoms with E-state index in [2.05, 4.69) is 23.6 Å². The summed E-state index contributed by atoms with van der Waals surface area (Å²) in [7, 11) is 0. The van der Waals surface area contributed by atoms with Gasteiger partial charge in [-0.05, 0) is 45.1 Å². The van der Waals surface area contributed by atoms with Crippen LogP contribution in [0.4, 0.5) is 0 Å². The molecule has 3 heteroatoms. The molecule has 1 amide bonds. The van der Waals surface area contributed by atoms with Gasteiger partial charge in [0.1, 0.15) is 0 Å². The topological polar surface area (TPSA) is 23.6 Å². The number of likely N-dealkylation sites (tertiary alicyclic amines) is 2. The predicted molar refractivity (Wildman–Crippen MR) is 69.9 cm³/mol. The highest BCUT2D eigenvalue weighted by molar-refractivity contribution is 5.78. The summed E-state index contributed by atoms with van der Waals surface area (Å²) in [6.07, 6.45) is 6.30. The molecule has 2 fully saturated rings. The van der Waals surface area contributed by atoms with Gasteiger partial charge < -0.3 is 4.90 Å². The van der Waals surface area contributed by atoms with Crippen LogP contribution in [0.15, 0.2) is 0 Å². The molecule has 0 saturated carbocycles. The first-order chi connectivity index (χ1) is 8.16. The number of carbonyl (C=O) groups excluding carboxylic acids is 1. The van der Waals surface area contributed by atoms with Crippen LogP contribution in [0.5, 0.6) is 0 Å². The van der Waals surface area contributed by atoms with Gasteiger partial charge in [0.25, 0.3) is 0 Å². The molecule has 2 heterocycles. The quantitative estimate of drug-likeness (QED) is 0.735. The van der Waals surface area contributed by atoms with Gasteiger partial charge in [0, 0.05) is 19.1 Å². The Morgan fingerprint density at radius 3 is 2.65 bits per heavy atom. The van der Waals surface area contributed by atoms with Crippen LogP contribution in [0.3, 0.4) is 0 Å². The maximum Gasteiger partial charge on any atom is 0.236 e. The maximum atomic E-state index is 12.2. The van der Waals surface area contributed by atoms with E-state index in [0.29, 0.717) is 24.4 Å². The van der Waals surface area contributed by atoms with Gasteiger partial charge in [-0.3, -0.25) is 9.69 Å². The van der Waals surface area contributed by atoms with Crippen LogP contribution in [0.25, 0.3) is 0 Å². The molecule has 17 heavy (non-hydrogen) atoms. The molecule has 2 aliphatic rings. The van der Waals surface area contributed by atoms with Gasteiger partial charge in [0.15, 0.2) is 0 Å². The molecule has 0 spiro atoms. The van der Waals surface area contributed by atoms with Gasteiger partial charge in [0.05, 0.1) is 6.54 Å². The van der Waals surface area contributed by atoms with E-state index in [1.54, 1.807) is 0 Å². The molecule has 0 N–H and O–H groups in total. The molecule has 0 bridgehead atoms. The van der Waals surface area contributed by atoms with Gasteiger partial charge in [-0.1, -0.05) is 13.3 Å². The maximum absolute atomic E-state index is 12.2. The third kappa shape index (κ3) is 3.44. The Morgan fingerprint density at radius 1 is 1.12 bits per heavy atom. The molecule has 3 nitrogen and oxygen atoms in total. The van der Waals surface area contributed by atoms with Crippen LogP contribution in [0.1, 0.15) is 46.0 Å². The summed E-state index contributed by atoms with van der Waals surface area (Å²) in [6.45, 7) is 8.21. The van der Waals surface area contributed by atoms with Gasteiger partial charge in [-0.2, -0.15) is 0 Å². The molecule has 0 aromatic carbocycles. The largest absolute Gasteiger partial charge is 0.341 e. The van der Waals surface area contributed by atoms with Crippen LogP contribution in [-0.4, -0.2) is 47.9 Å². The number of hydrogen-bond acceptors (Lipinski definition) is 2. The summed E-state index contributed by atoms with van der Waals surface area (Å²) in [5.74, 6) is 1.04. The molecular formula is C14H26N2O. The van der Waals surface area contributed by atoms with Crippen LogP contribution in [0, 0.1) is 5.92 Å². The highest BCUT2D eigenvalue weighted by Crippen LogP contribution is 2.18. The summed E-state index contributed by atoms with van der Waals surface area (Å²) >= 11 is 0. The van der Waals surface area contributed by atoms with Crippen molar-refractivity contribution in [2.75, 3.05) is 26.2 Å². The van der Waals surface area contributed by atoms with E-state index < -0.39 is 0 Å². The number of rotatable bonds is 2. The zero-order chi connectivity index (χ0) is 12.3. The second-order valence-corrected chi connectivity index (χ2v) is 5.90. The first-order valence-corrected chi connectivity index (χ1v) is 7.18. The fourth-order valence-corrected chi connectivity index (χ4v) is 3.08. The molecule has 2 unspecified atom stereocenters. The Hall–Kier alpha value is -0.570. The van der Waals surface area contributed by atoms with Gasteiger partial charge >= 0.3 is 0 Å². The van der Waals surface area contributed by atoms with Crippen molar-refractivity contribution in [1.29, 1.82) is 0 Å². The van der Waals surface area contributed by atoms with Crippen LogP contribution < -0.4 is 0 Å². The standard InChI is InChI=1S/C14H26N2O/c1-12-6-5-9-16(10-12)14(17)11-15-8-4-3-7-13(15)2/h12-13H,3-11H2,1-2H3. The Kier molecular flexibility index (Phi) is 4.43. The number of nitrogens with zero attached hydrogens (tertiary/aromatic N) is 2. The zero-order valence-corrected chi connectivity index (χ0v) is 11.3. The summed E-state index contributed by atoms with van der Waals surface area (Å²) in [4.78, 5) is 16.7. The molecule has 0 radical (unpaired) electrons. The Balaban J connectivity index is 1.83. The van der Waals surface area contributed by atoms with E-state index in [1.807, 2.05) is 0 Å². The lowest BCUT2D eigenvalue weighted by Crippen LogP contribution is -2.48.